The number of aryl methyl sites for hydroxylation is 2. The summed E-state index contributed by atoms with van der Waals surface area (Å²) in [5, 5.41) is 5.52. The van der Waals surface area contributed by atoms with E-state index >= 15 is 0 Å². The van der Waals surface area contributed by atoms with Gasteiger partial charge in [-0.25, -0.2) is 0 Å². The lowest BCUT2D eigenvalue weighted by molar-refractivity contribution is 0.0975. The SMILES string of the molecule is Cc1ccc(C(=O)NC(=S)Nc2ccccc2C(N)=O)c(C)c1. The summed E-state index contributed by atoms with van der Waals surface area (Å²) in [7, 11) is 0. The standard InChI is InChI=1S/C17H17N3O2S/c1-10-7-8-12(11(2)9-10)16(22)20-17(23)19-14-6-4-3-5-13(14)15(18)21/h3-9H,1-2H3,(H2,18,21)(H2,19,20,22,23). The number of para-hydroxylation sites is 1. The van der Waals surface area contributed by atoms with Gasteiger partial charge < -0.3 is 11.1 Å². The van der Waals surface area contributed by atoms with Gasteiger partial charge in [0.1, 0.15) is 0 Å². The zero-order valence-electron chi connectivity index (χ0n) is 12.8. The van der Waals surface area contributed by atoms with Gasteiger partial charge in [-0.3, -0.25) is 14.9 Å². The Labute approximate surface area is 139 Å². The lowest BCUT2D eigenvalue weighted by atomic mass is 10.1. The average molecular weight is 327 g/mol. The zero-order chi connectivity index (χ0) is 17.0. The first-order valence-corrected chi connectivity index (χ1v) is 7.37. The van der Waals surface area contributed by atoms with Crippen molar-refractivity contribution in [3.63, 3.8) is 0 Å². The van der Waals surface area contributed by atoms with E-state index in [0.717, 1.165) is 11.1 Å². The number of anilines is 1. The van der Waals surface area contributed by atoms with E-state index in [1.165, 1.54) is 0 Å². The number of thiocarbonyl (C=S) groups is 1. The van der Waals surface area contributed by atoms with Gasteiger partial charge in [0, 0.05) is 5.56 Å². The van der Waals surface area contributed by atoms with Crippen LogP contribution in [0.1, 0.15) is 31.8 Å². The summed E-state index contributed by atoms with van der Waals surface area (Å²) in [6, 6.07) is 12.2. The van der Waals surface area contributed by atoms with Crippen LogP contribution in [0.25, 0.3) is 0 Å². The van der Waals surface area contributed by atoms with E-state index in [9.17, 15) is 9.59 Å². The Hall–Kier alpha value is -2.73. The van der Waals surface area contributed by atoms with E-state index in [1.54, 1.807) is 30.3 Å². The van der Waals surface area contributed by atoms with Crippen molar-refractivity contribution in [3.8, 4) is 0 Å². The predicted octanol–water partition coefficient (Wildman–Crippen LogP) is 2.53. The second-order valence-corrected chi connectivity index (χ2v) is 5.54. The summed E-state index contributed by atoms with van der Waals surface area (Å²) in [5.41, 5.74) is 8.55. The number of carbonyl (C=O) groups excluding carboxylic acids is 2. The predicted molar refractivity (Wildman–Crippen MR) is 94.6 cm³/mol. The summed E-state index contributed by atoms with van der Waals surface area (Å²) in [6.07, 6.45) is 0. The first kappa shape index (κ1) is 16.6. The van der Waals surface area contributed by atoms with E-state index in [-0.39, 0.29) is 11.0 Å². The largest absolute Gasteiger partial charge is 0.366 e. The fraction of sp³-hybridized carbons (Fsp3) is 0.118. The molecule has 0 aliphatic carbocycles. The van der Waals surface area contributed by atoms with Crippen molar-refractivity contribution in [2.75, 3.05) is 5.32 Å². The maximum atomic E-state index is 12.3. The highest BCUT2D eigenvalue weighted by atomic mass is 32.1. The third-order valence-corrected chi connectivity index (χ3v) is 3.50. The molecule has 23 heavy (non-hydrogen) atoms. The number of hydrogen-bond acceptors (Lipinski definition) is 3. The minimum Gasteiger partial charge on any atom is -0.366 e. The summed E-state index contributed by atoms with van der Waals surface area (Å²) >= 11 is 5.13. The molecule has 0 atom stereocenters. The minimum absolute atomic E-state index is 0.101. The van der Waals surface area contributed by atoms with Crippen LogP contribution in [0.5, 0.6) is 0 Å². The molecule has 118 valence electrons. The highest BCUT2D eigenvalue weighted by Gasteiger charge is 2.13. The molecular formula is C17H17N3O2S. The highest BCUT2D eigenvalue weighted by molar-refractivity contribution is 7.80. The first-order valence-electron chi connectivity index (χ1n) is 6.97. The van der Waals surface area contributed by atoms with Gasteiger partial charge >= 0.3 is 0 Å². The molecule has 2 amide bonds. The second-order valence-electron chi connectivity index (χ2n) is 5.14. The molecule has 0 spiro atoms. The Balaban J connectivity index is 2.11. The molecule has 0 radical (unpaired) electrons. The van der Waals surface area contributed by atoms with Crippen LogP contribution >= 0.6 is 12.2 Å². The number of carbonyl (C=O) groups is 2. The van der Waals surface area contributed by atoms with E-state index < -0.39 is 5.91 Å². The van der Waals surface area contributed by atoms with Crippen molar-refractivity contribution in [1.82, 2.24) is 5.32 Å². The summed E-state index contributed by atoms with van der Waals surface area (Å²) in [6.45, 7) is 3.82. The van der Waals surface area contributed by atoms with Crippen LogP contribution in [0.3, 0.4) is 0 Å². The molecule has 0 bridgehead atoms. The van der Waals surface area contributed by atoms with Crippen molar-refractivity contribution < 1.29 is 9.59 Å². The molecule has 0 aliphatic rings. The van der Waals surface area contributed by atoms with Gasteiger partial charge in [-0.2, -0.15) is 0 Å². The van der Waals surface area contributed by atoms with E-state index in [4.69, 9.17) is 18.0 Å². The quantitative estimate of drug-likeness (QED) is 0.756. The number of nitrogens with one attached hydrogen (secondary N) is 2. The van der Waals surface area contributed by atoms with Gasteiger partial charge in [0.15, 0.2) is 5.11 Å². The molecule has 2 rings (SSSR count). The number of benzene rings is 2. The summed E-state index contributed by atoms with van der Waals surface area (Å²) in [4.78, 5) is 23.6. The molecule has 5 nitrogen and oxygen atoms in total. The van der Waals surface area contributed by atoms with Gasteiger partial charge in [0.25, 0.3) is 11.8 Å². The lowest BCUT2D eigenvalue weighted by Crippen LogP contribution is -2.35. The Morgan fingerprint density at radius 2 is 1.74 bits per heavy atom. The van der Waals surface area contributed by atoms with E-state index in [0.29, 0.717) is 16.8 Å². The van der Waals surface area contributed by atoms with Gasteiger partial charge in [-0.15, -0.1) is 0 Å². The molecule has 0 saturated heterocycles. The van der Waals surface area contributed by atoms with E-state index in [1.807, 2.05) is 26.0 Å². The maximum Gasteiger partial charge on any atom is 0.257 e. The monoisotopic (exact) mass is 327 g/mol. The summed E-state index contributed by atoms with van der Waals surface area (Å²) < 4.78 is 0. The van der Waals surface area contributed by atoms with Crippen molar-refractivity contribution in [2.24, 2.45) is 5.73 Å². The van der Waals surface area contributed by atoms with Crippen molar-refractivity contribution in [3.05, 3.63) is 64.7 Å². The van der Waals surface area contributed by atoms with Crippen LogP contribution < -0.4 is 16.4 Å². The smallest absolute Gasteiger partial charge is 0.257 e. The Morgan fingerprint density at radius 3 is 2.39 bits per heavy atom. The Morgan fingerprint density at radius 1 is 1.04 bits per heavy atom. The van der Waals surface area contributed by atoms with Crippen LogP contribution in [0.15, 0.2) is 42.5 Å². The van der Waals surface area contributed by atoms with Gasteiger partial charge in [-0.05, 0) is 49.8 Å². The molecule has 0 aromatic heterocycles. The fourth-order valence-corrected chi connectivity index (χ4v) is 2.40. The molecule has 6 heteroatoms. The molecule has 0 fully saturated rings. The number of nitrogens with two attached hydrogens (primary N) is 1. The molecule has 0 heterocycles. The van der Waals surface area contributed by atoms with Gasteiger partial charge in [-0.1, -0.05) is 29.8 Å². The van der Waals surface area contributed by atoms with Crippen molar-refractivity contribution in [1.29, 1.82) is 0 Å². The summed E-state index contributed by atoms with van der Waals surface area (Å²) in [5.74, 6) is -0.881. The van der Waals surface area contributed by atoms with Crippen molar-refractivity contribution in [2.45, 2.75) is 13.8 Å². The van der Waals surface area contributed by atoms with E-state index in [2.05, 4.69) is 10.6 Å². The normalized spacial score (nSPS) is 10.0. The average Bonchev–Trinajstić information content (AvgIpc) is 2.47. The number of rotatable bonds is 3. The number of hydrogen-bond donors (Lipinski definition) is 3. The lowest BCUT2D eigenvalue weighted by Gasteiger charge is -2.13. The van der Waals surface area contributed by atoms with Crippen LogP contribution in [0.2, 0.25) is 0 Å². The molecule has 4 N–H and O–H groups in total. The Kier molecular flexibility index (Phi) is 5.08. The van der Waals surface area contributed by atoms with Crippen LogP contribution in [0, 0.1) is 13.8 Å². The first-order chi connectivity index (χ1) is 10.9. The number of primary amides is 1. The topological polar surface area (TPSA) is 84.2 Å². The van der Waals surface area contributed by atoms with Gasteiger partial charge in [0.05, 0.1) is 11.3 Å². The van der Waals surface area contributed by atoms with Crippen LogP contribution in [-0.4, -0.2) is 16.9 Å². The molecule has 2 aromatic carbocycles. The third-order valence-electron chi connectivity index (χ3n) is 3.29. The van der Waals surface area contributed by atoms with Crippen LogP contribution in [-0.2, 0) is 0 Å². The molecule has 0 saturated carbocycles. The Bertz CT molecular complexity index is 787. The molecule has 0 unspecified atom stereocenters. The molecule has 0 aliphatic heterocycles. The van der Waals surface area contributed by atoms with Crippen molar-refractivity contribution >= 4 is 34.8 Å². The van der Waals surface area contributed by atoms with Crippen LogP contribution in [0.4, 0.5) is 5.69 Å². The number of amides is 2. The fourth-order valence-electron chi connectivity index (χ4n) is 2.20. The minimum atomic E-state index is -0.573. The zero-order valence-corrected chi connectivity index (χ0v) is 13.7. The third kappa shape index (κ3) is 4.14. The van der Waals surface area contributed by atoms with Gasteiger partial charge in [0.2, 0.25) is 0 Å². The molecule has 2 aromatic rings. The second kappa shape index (κ2) is 7.02. The molecular weight excluding hydrogens is 310 g/mol. The maximum absolute atomic E-state index is 12.3. The highest BCUT2D eigenvalue weighted by Crippen LogP contribution is 2.14.